The van der Waals surface area contributed by atoms with E-state index in [0.717, 1.165) is 12.0 Å². The number of halogens is 1. The molecule has 0 aromatic rings. The van der Waals surface area contributed by atoms with E-state index in [4.69, 9.17) is 14.2 Å². The van der Waals surface area contributed by atoms with E-state index in [-0.39, 0.29) is 24.0 Å². The van der Waals surface area contributed by atoms with Crippen LogP contribution >= 0.6 is 0 Å². The van der Waals surface area contributed by atoms with Crippen molar-refractivity contribution >= 4 is 17.5 Å². The van der Waals surface area contributed by atoms with Crippen LogP contribution in [-0.4, -0.2) is 48.3 Å². The van der Waals surface area contributed by atoms with Crippen molar-refractivity contribution in [2.24, 2.45) is 22.7 Å². The molecule has 2 bridgehead atoms. The van der Waals surface area contributed by atoms with Crippen LogP contribution in [0.5, 0.6) is 0 Å². The summed E-state index contributed by atoms with van der Waals surface area (Å²) in [6, 6.07) is 0. The van der Waals surface area contributed by atoms with Crippen LogP contribution in [0.4, 0.5) is 4.39 Å². The van der Waals surface area contributed by atoms with Gasteiger partial charge in [0.05, 0.1) is 12.7 Å². The van der Waals surface area contributed by atoms with Crippen LogP contribution in [0.1, 0.15) is 65.7 Å². The number of alkyl halides is 1. The number of ether oxygens (including phenoxy) is 3. The number of hydrogen-bond donors (Lipinski definition) is 0. The standard InChI is InChI=1S/C24H31FO6/c1-13-30-23-9-10-24(31-13,19(27)20(28)29-4)22(23,3)12-17(25)18-16(23)6-5-14-11-15(26)7-8-21(14,18)2/h11,13,16-18H,5-10,12H2,1-4H3/t13?,16-,17+,18-,21+,22+,23-,24-/m1/s1. The molecule has 7 heteroatoms. The summed E-state index contributed by atoms with van der Waals surface area (Å²) >= 11 is 0. The van der Waals surface area contributed by atoms with Crippen molar-refractivity contribution in [3.8, 4) is 0 Å². The molecule has 0 aromatic carbocycles. The van der Waals surface area contributed by atoms with Crippen molar-refractivity contribution in [2.45, 2.75) is 89.4 Å². The molecule has 5 rings (SSSR count). The minimum absolute atomic E-state index is 0.0838. The summed E-state index contributed by atoms with van der Waals surface area (Å²) in [5.41, 5.74) is -2.50. The lowest BCUT2D eigenvalue weighted by Gasteiger charge is -2.67. The molecule has 1 heterocycles. The van der Waals surface area contributed by atoms with E-state index >= 15 is 4.39 Å². The number of hydrogen-bond acceptors (Lipinski definition) is 6. The normalized spacial score (nSPS) is 50.6. The third-order valence-corrected chi connectivity index (χ3v) is 9.60. The topological polar surface area (TPSA) is 78.9 Å². The predicted molar refractivity (Wildman–Crippen MR) is 108 cm³/mol. The molecule has 4 fully saturated rings. The van der Waals surface area contributed by atoms with Gasteiger partial charge in [-0.3, -0.25) is 9.59 Å². The van der Waals surface area contributed by atoms with E-state index < -0.39 is 46.2 Å². The highest BCUT2D eigenvalue weighted by Gasteiger charge is 2.80. The van der Waals surface area contributed by atoms with Crippen LogP contribution < -0.4 is 0 Å². The molecule has 3 saturated carbocycles. The molecule has 0 radical (unpaired) electrons. The SMILES string of the molecule is COC(=O)C(=O)[C@@]12CC[C@@]3(OC(C)O1)[C@@H]1CCC4=CC(=O)CC[C@]4(C)[C@H]1[C@@H](F)C[C@]23C. The Morgan fingerprint density at radius 1 is 1.16 bits per heavy atom. The van der Waals surface area contributed by atoms with E-state index in [0.29, 0.717) is 32.1 Å². The van der Waals surface area contributed by atoms with Crippen LogP contribution in [0, 0.1) is 22.7 Å². The van der Waals surface area contributed by atoms with Crippen molar-refractivity contribution in [1.29, 1.82) is 0 Å². The van der Waals surface area contributed by atoms with Crippen molar-refractivity contribution in [3.63, 3.8) is 0 Å². The molecule has 0 spiro atoms. The third kappa shape index (κ3) is 2.37. The zero-order chi connectivity index (χ0) is 22.4. The third-order valence-electron chi connectivity index (χ3n) is 9.60. The second-order valence-corrected chi connectivity index (χ2v) is 10.6. The zero-order valence-electron chi connectivity index (χ0n) is 18.7. The minimum atomic E-state index is -1.44. The molecule has 1 saturated heterocycles. The minimum Gasteiger partial charge on any atom is -0.463 e. The van der Waals surface area contributed by atoms with Gasteiger partial charge in [0.2, 0.25) is 0 Å². The lowest BCUT2D eigenvalue weighted by molar-refractivity contribution is -0.369. The molecule has 0 amide bonds. The molecular weight excluding hydrogens is 403 g/mol. The molecule has 31 heavy (non-hydrogen) atoms. The fourth-order valence-electron chi connectivity index (χ4n) is 8.27. The smallest absolute Gasteiger partial charge is 0.377 e. The Kier molecular flexibility index (Phi) is 4.44. The van der Waals surface area contributed by atoms with E-state index in [9.17, 15) is 14.4 Å². The van der Waals surface area contributed by atoms with Crippen molar-refractivity contribution in [2.75, 3.05) is 7.11 Å². The Morgan fingerprint density at radius 3 is 2.61 bits per heavy atom. The first kappa shape index (κ1) is 21.3. The number of carbonyl (C=O) groups excluding carboxylic acids is 3. The average Bonchev–Trinajstić information content (AvgIpc) is 2.85. The maximum atomic E-state index is 16.2. The van der Waals surface area contributed by atoms with Gasteiger partial charge in [0, 0.05) is 17.8 Å². The lowest BCUT2D eigenvalue weighted by Crippen LogP contribution is -2.74. The average molecular weight is 435 g/mol. The first-order chi connectivity index (χ1) is 14.5. The Labute approximate surface area is 181 Å². The Bertz CT molecular complexity index is 899. The van der Waals surface area contributed by atoms with Crippen LogP contribution in [-0.2, 0) is 28.6 Å². The molecule has 6 nitrogen and oxygen atoms in total. The summed E-state index contributed by atoms with van der Waals surface area (Å²) < 4.78 is 33.6. The molecule has 8 atom stereocenters. The maximum Gasteiger partial charge on any atom is 0.377 e. The molecule has 170 valence electrons. The van der Waals surface area contributed by atoms with Gasteiger partial charge >= 0.3 is 5.97 Å². The maximum absolute atomic E-state index is 16.2. The van der Waals surface area contributed by atoms with Crippen molar-refractivity contribution in [3.05, 3.63) is 11.6 Å². The highest BCUT2D eigenvalue weighted by Crippen LogP contribution is 2.73. The predicted octanol–water partition coefficient (Wildman–Crippen LogP) is 3.46. The second-order valence-electron chi connectivity index (χ2n) is 10.6. The van der Waals surface area contributed by atoms with E-state index in [1.165, 1.54) is 7.11 Å². The summed E-state index contributed by atoms with van der Waals surface area (Å²) in [5.74, 6) is -1.96. The molecule has 4 aliphatic carbocycles. The van der Waals surface area contributed by atoms with E-state index in [2.05, 4.69) is 6.92 Å². The van der Waals surface area contributed by atoms with Crippen LogP contribution in [0.25, 0.3) is 0 Å². The first-order valence-corrected chi connectivity index (χ1v) is 11.4. The fourth-order valence-corrected chi connectivity index (χ4v) is 8.27. The van der Waals surface area contributed by atoms with Crippen molar-refractivity contribution in [1.82, 2.24) is 0 Å². The molecule has 1 aliphatic heterocycles. The summed E-state index contributed by atoms with van der Waals surface area (Å²) in [6.45, 7) is 5.71. The largest absolute Gasteiger partial charge is 0.463 e. The summed E-state index contributed by atoms with van der Waals surface area (Å²) in [6.07, 6.45) is 3.32. The number of esters is 1. The first-order valence-electron chi connectivity index (χ1n) is 11.4. The quantitative estimate of drug-likeness (QED) is 0.489. The number of allylic oxidation sites excluding steroid dienone is 1. The number of carbonyl (C=O) groups is 3. The van der Waals surface area contributed by atoms with Gasteiger partial charge in [0.15, 0.2) is 12.1 Å². The number of fused-ring (bicyclic) bond motifs is 3. The van der Waals surface area contributed by atoms with Crippen LogP contribution in [0.3, 0.4) is 0 Å². The Hall–Kier alpha value is -1.60. The van der Waals surface area contributed by atoms with Gasteiger partial charge in [-0.25, -0.2) is 9.18 Å². The lowest BCUT2D eigenvalue weighted by atomic mass is 9.43. The molecule has 1 unspecified atom stereocenters. The second kappa shape index (κ2) is 6.47. The number of ketones is 2. The number of Topliss-reactive ketones (excluding diaryl/α,β-unsaturated/α-hetero) is 1. The highest BCUT2D eigenvalue weighted by atomic mass is 19.1. The monoisotopic (exact) mass is 434 g/mol. The van der Waals surface area contributed by atoms with Crippen molar-refractivity contribution < 1.29 is 33.0 Å². The molecular formula is C24H31FO6. The van der Waals surface area contributed by atoms with Crippen LogP contribution in [0.15, 0.2) is 11.6 Å². The van der Waals surface area contributed by atoms with Gasteiger partial charge in [0.25, 0.3) is 5.78 Å². The molecule has 5 aliphatic rings. The zero-order valence-corrected chi connectivity index (χ0v) is 18.7. The van der Waals surface area contributed by atoms with Gasteiger partial charge < -0.3 is 14.2 Å². The Morgan fingerprint density at radius 2 is 1.90 bits per heavy atom. The molecule has 0 aromatic heterocycles. The van der Waals surface area contributed by atoms with Gasteiger partial charge in [0.1, 0.15) is 11.8 Å². The van der Waals surface area contributed by atoms with Gasteiger partial charge in [-0.2, -0.15) is 0 Å². The van der Waals surface area contributed by atoms with E-state index in [1.807, 2.05) is 6.92 Å². The summed E-state index contributed by atoms with van der Waals surface area (Å²) in [4.78, 5) is 37.7. The van der Waals surface area contributed by atoms with Gasteiger partial charge in [-0.15, -0.1) is 0 Å². The number of rotatable bonds is 2. The van der Waals surface area contributed by atoms with Gasteiger partial charge in [-0.05, 0) is 62.9 Å². The summed E-state index contributed by atoms with van der Waals surface area (Å²) in [7, 11) is 1.18. The Balaban J connectivity index is 1.64. The molecule has 0 N–H and O–H groups in total. The highest BCUT2D eigenvalue weighted by molar-refractivity contribution is 6.37. The van der Waals surface area contributed by atoms with E-state index in [1.54, 1.807) is 13.0 Å². The fraction of sp³-hybridized carbons (Fsp3) is 0.792. The summed E-state index contributed by atoms with van der Waals surface area (Å²) in [5, 5.41) is 0. The van der Waals surface area contributed by atoms with Gasteiger partial charge in [-0.1, -0.05) is 19.4 Å². The van der Waals surface area contributed by atoms with Crippen LogP contribution in [0.2, 0.25) is 0 Å². The number of methoxy groups -OCH3 is 1.